The van der Waals surface area contributed by atoms with Crippen LogP contribution >= 0.6 is 0 Å². The maximum Gasteiger partial charge on any atom is 0.310 e. The van der Waals surface area contributed by atoms with Crippen molar-refractivity contribution in [2.75, 3.05) is 6.61 Å². The molecule has 2 aliphatic carbocycles. The largest absolute Gasteiger partial charge is 0.481 e. The molecule has 0 amide bonds. The van der Waals surface area contributed by atoms with E-state index in [1.54, 1.807) is 0 Å². The summed E-state index contributed by atoms with van der Waals surface area (Å²) in [4.78, 5) is 24.8. The topological polar surface area (TPSA) is 63.6 Å². The number of aliphatic carboxylic acids is 1. The molecular weight excluding hydrogens is 292 g/mol. The molecule has 2 saturated carbocycles. The SMILES string of the molecule is CCCOC(=O)[C@H](C1CCCCC1)[C@@H](C(=O)O)C1CCCCC1. The second kappa shape index (κ2) is 9.29. The van der Waals surface area contributed by atoms with E-state index in [9.17, 15) is 14.7 Å². The number of hydrogen-bond donors (Lipinski definition) is 1. The Kier molecular flexibility index (Phi) is 7.38. The average molecular weight is 324 g/mol. The van der Waals surface area contributed by atoms with E-state index in [2.05, 4.69) is 0 Å². The van der Waals surface area contributed by atoms with Crippen LogP contribution < -0.4 is 0 Å². The third-order valence-electron chi connectivity index (χ3n) is 5.71. The van der Waals surface area contributed by atoms with Gasteiger partial charge in [-0.1, -0.05) is 45.4 Å². The lowest BCUT2D eigenvalue weighted by atomic mass is 9.67. The quantitative estimate of drug-likeness (QED) is 0.704. The summed E-state index contributed by atoms with van der Waals surface area (Å²) in [5, 5.41) is 9.89. The number of rotatable bonds is 7. The third kappa shape index (κ3) is 4.95. The molecule has 2 atom stereocenters. The Hall–Kier alpha value is -1.06. The van der Waals surface area contributed by atoms with Crippen molar-refractivity contribution in [2.45, 2.75) is 77.6 Å². The van der Waals surface area contributed by atoms with Crippen LogP contribution in [0.3, 0.4) is 0 Å². The summed E-state index contributed by atoms with van der Waals surface area (Å²) in [5.74, 6) is -1.71. The third-order valence-corrected chi connectivity index (χ3v) is 5.71. The van der Waals surface area contributed by atoms with Gasteiger partial charge in [-0.2, -0.15) is 0 Å². The zero-order chi connectivity index (χ0) is 16.7. The zero-order valence-electron chi connectivity index (χ0n) is 14.5. The lowest BCUT2D eigenvalue weighted by molar-refractivity contribution is -0.164. The van der Waals surface area contributed by atoms with Crippen molar-refractivity contribution >= 4 is 11.9 Å². The van der Waals surface area contributed by atoms with Crippen molar-refractivity contribution in [1.29, 1.82) is 0 Å². The van der Waals surface area contributed by atoms with Gasteiger partial charge in [0.2, 0.25) is 0 Å². The predicted molar refractivity (Wildman–Crippen MR) is 89.0 cm³/mol. The van der Waals surface area contributed by atoms with Crippen molar-refractivity contribution in [3.63, 3.8) is 0 Å². The molecule has 1 N–H and O–H groups in total. The van der Waals surface area contributed by atoms with E-state index in [4.69, 9.17) is 4.74 Å². The highest BCUT2D eigenvalue weighted by molar-refractivity contribution is 5.81. The highest BCUT2D eigenvalue weighted by atomic mass is 16.5. The smallest absolute Gasteiger partial charge is 0.310 e. The molecule has 0 heterocycles. The molecule has 0 aromatic heterocycles. The first-order chi connectivity index (χ1) is 11.1. The van der Waals surface area contributed by atoms with Gasteiger partial charge in [-0.25, -0.2) is 0 Å². The van der Waals surface area contributed by atoms with E-state index in [0.717, 1.165) is 57.8 Å². The number of carbonyl (C=O) groups excluding carboxylic acids is 1. The van der Waals surface area contributed by atoms with Crippen molar-refractivity contribution in [3.8, 4) is 0 Å². The summed E-state index contributed by atoms with van der Waals surface area (Å²) in [6, 6.07) is 0. The highest BCUT2D eigenvalue weighted by Gasteiger charge is 2.44. The molecule has 0 aromatic rings. The molecule has 132 valence electrons. The second-order valence-electron chi connectivity index (χ2n) is 7.35. The van der Waals surface area contributed by atoms with Gasteiger partial charge < -0.3 is 9.84 Å². The van der Waals surface area contributed by atoms with E-state index in [1.165, 1.54) is 12.8 Å². The van der Waals surface area contributed by atoms with Crippen LogP contribution in [0.15, 0.2) is 0 Å². The number of carbonyl (C=O) groups is 2. The molecule has 0 radical (unpaired) electrons. The maximum absolute atomic E-state index is 12.7. The Morgan fingerprint density at radius 3 is 1.83 bits per heavy atom. The minimum Gasteiger partial charge on any atom is -0.481 e. The van der Waals surface area contributed by atoms with Gasteiger partial charge in [-0.05, 0) is 43.9 Å². The normalized spacial score (nSPS) is 23.2. The van der Waals surface area contributed by atoms with Gasteiger partial charge in [0, 0.05) is 0 Å². The lowest BCUT2D eigenvalue weighted by Crippen LogP contribution is -2.42. The minimum absolute atomic E-state index is 0.141. The van der Waals surface area contributed by atoms with Gasteiger partial charge in [0.25, 0.3) is 0 Å². The van der Waals surface area contributed by atoms with E-state index in [1.807, 2.05) is 6.92 Å². The predicted octanol–water partition coefficient (Wildman–Crippen LogP) is 4.42. The Bertz CT molecular complexity index is 381. The van der Waals surface area contributed by atoms with Crippen LogP contribution in [0.1, 0.15) is 77.6 Å². The van der Waals surface area contributed by atoms with Crippen molar-refractivity contribution < 1.29 is 19.4 Å². The molecule has 0 aromatic carbocycles. The van der Waals surface area contributed by atoms with E-state index >= 15 is 0 Å². The molecule has 4 nitrogen and oxygen atoms in total. The second-order valence-corrected chi connectivity index (χ2v) is 7.35. The van der Waals surface area contributed by atoms with Gasteiger partial charge in [0.15, 0.2) is 0 Å². The van der Waals surface area contributed by atoms with E-state index in [-0.39, 0.29) is 17.8 Å². The molecule has 2 rings (SSSR count). The van der Waals surface area contributed by atoms with Crippen LogP contribution in [-0.4, -0.2) is 23.7 Å². The summed E-state index contributed by atoms with van der Waals surface area (Å²) in [6.07, 6.45) is 11.4. The van der Waals surface area contributed by atoms with E-state index < -0.39 is 17.8 Å². The van der Waals surface area contributed by atoms with Crippen LogP contribution in [-0.2, 0) is 14.3 Å². The van der Waals surface area contributed by atoms with Gasteiger partial charge >= 0.3 is 11.9 Å². The molecule has 0 unspecified atom stereocenters. The number of carboxylic acid groups (broad SMARTS) is 1. The van der Waals surface area contributed by atoms with Gasteiger partial charge in [-0.15, -0.1) is 0 Å². The summed E-state index contributed by atoms with van der Waals surface area (Å²) >= 11 is 0. The maximum atomic E-state index is 12.7. The molecule has 2 aliphatic rings. The monoisotopic (exact) mass is 324 g/mol. The van der Waals surface area contributed by atoms with Gasteiger partial charge in [0.1, 0.15) is 0 Å². The van der Waals surface area contributed by atoms with Crippen LogP contribution in [0.4, 0.5) is 0 Å². The molecule has 0 bridgehead atoms. The Labute approximate surface area is 140 Å². The van der Waals surface area contributed by atoms with Crippen LogP contribution in [0, 0.1) is 23.7 Å². The van der Waals surface area contributed by atoms with Crippen LogP contribution in [0.2, 0.25) is 0 Å². The summed E-state index contributed by atoms with van der Waals surface area (Å²) in [6.45, 7) is 2.37. The molecular formula is C19H32O4. The fraction of sp³-hybridized carbons (Fsp3) is 0.895. The van der Waals surface area contributed by atoms with Crippen molar-refractivity contribution in [3.05, 3.63) is 0 Å². The van der Waals surface area contributed by atoms with E-state index in [0.29, 0.717) is 6.61 Å². The molecule has 23 heavy (non-hydrogen) atoms. The number of esters is 1. The first-order valence-corrected chi connectivity index (χ1v) is 9.54. The molecule has 0 saturated heterocycles. The Morgan fingerprint density at radius 1 is 0.913 bits per heavy atom. The number of ether oxygens (including phenoxy) is 1. The Balaban J connectivity index is 2.19. The van der Waals surface area contributed by atoms with Gasteiger partial charge in [-0.3, -0.25) is 9.59 Å². The summed E-state index contributed by atoms with van der Waals surface area (Å²) in [5.41, 5.74) is 0. The standard InChI is InChI=1S/C19H32O4/c1-2-13-23-19(22)17(15-11-7-4-8-12-15)16(18(20)21)14-9-5-3-6-10-14/h14-17H,2-13H2,1H3,(H,20,21)/t16-,17+/m0/s1. The average Bonchev–Trinajstić information content (AvgIpc) is 2.58. The lowest BCUT2D eigenvalue weighted by Gasteiger charge is -2.37. The molecule has 2 fully saturated rings. The van der Waals surface area contributed by atoms with Crippen LogP contribution in [0.5, 0.6) is 0 Å². The van der Waals surface area contributed by atoms with Crippen molar-refractivity contribution in [2.24, 2.45) is 23.7 Å². The number of carboxylic acids is 1. The summed E-state index contributed by atoms with van der Waals surface area (Å²) < 4.78 is 5.43. The fourth-order valence-electron chi connectivity index (χ4n) is 4.57. The zero-order valence-corrected chi connectivity index (χ0v) is 14.5. The van der Waals surface area contributed by atoms with Crippen LogP contribution in [0.25, 0.3) is 0 Å². The Morgan fingerprint density at radius 2 is 1.39 bits per heavy atom. The molecule has 0 spiro atoms. The minimum atomic E-state index is -0.791. The van der Waals surface area contributed by atoms with Gasteiger partial charge in [0.05, 0.1) is 18.4 Å². The van der Waals surface area contributed by atoms with Crippen molar-refractivity contribution in [1.82, 2.24) is 0 Å². The highest BCUT2D eigenvalue weighted by Crippen LogP contribution is 2.42. The molecule has 0 aliphatic heterocycles. The summed E-state index contributed by atoms with van der Waals surface area (Å²) in [7, 11) is 0. The number of hydrogen-bond acceptors (Lipinski definition) is 3. The first-order valence-electron chi connectivity index (χ1n) is 9.54. The molecule has 4 heteroatoms. The fourth-order valence-corrected chi connectivity index (χ4v) is 4.57. The first kappa shape index (κ1) is 18.3.